The number of carbonyl (C=O) groups is 3. The van der Waals surface area contributed by atoms with Gasteiger partial charge in [0.15, 0.2) is 11.5 Å². The summed E-state index contributed by atoms with van der Waals surface area (Å²) in [6.07, 6.45) is 4.50. The molecule has 0 saturated carbocycles. The zero-order chi connectivity index (χ0) is 16.5. The molecule has 2 heterocycles. The molecule has 1 aromatic heterocycles. The van der Waals surface area contributed by atoms with Crippen LogP contribution in [0.4, 0.5) is 0 Å². The van der Waals surface area contributed by atoms with E-state index >= 15 is 0 Å². The summed E-state index contributed by atoms with van der Waals surface area (Å²) in [4.78, 5) is 36.5. The Labute approximate surface area is 134 Å². The normalized spacial score (nSPS) is 17.5. The highest BCUT2D eigenvalue weighted by atomic mass is 32.2. The molecular formula is C16H21NO4S. The molecule has 0 aromatic carbocycles. The van der Waals surface area contributed by atoms with E-state index in [9.17, 15) is 14.4 Å². The van der Waals surface area contributed by atoms with E-state index < -0.39 is 5.41 Å². The highest BCUT2D eigenvalue weighted by Gasteiger charge is 2.34. The zero-order valence-electron chi connectivity index (χ0n) is 13.4. The molecule has 1 aromatic rings. The number of thioether (sulfide) groups is 1. The Morgan fingerprint density at radius 1 is 1.36 bits per heavy atom. The number of carbonyl (C=O) groups excluding carboxylic acids is 3. The van der Waals surface area contributed by atoms with Crippen molar-refractivity contribution in [3.8, 4) is 5.75 Å². The molecule has 6 heteroatoms. The van der Waals surface area contributed by atoms with Crippen LogP contribution in [-0.2, 0) is 11.2 Å². The maximum absolute atomic E-state index is 12.5. The molecule has 0 atom stereocenters. The second-order valence-electron chi connectivity index (χ2n) is 6.37. The smallest absolute Gasteiger partial charge is 0.311 e. The van der Waals surface area contributed by atoms with Crippen LogP contribution < -0.4 is 4.74 Å². The minimum absolute atomic E-state index is 0.0853. The fourth-order valence-electron chi connectivity index (χ4n) is 2.69. The molecule has 5 nitrogen and oxygen atoms in total. The van der Waals surface area contributed by atoms with Gasteiger partial charge in [-0.3, -0.25) is 19.0 Å². The quantitative estimate of drug-likeness (QED) is 0.800. The first-order valence-corrected chi connectivity index (χ1v) is 8.62. The van der Waals surface area contributed by atoms with Crippen LogP contribution in [-0.4, -0.2) is 34.2 Å². The number of hydrogen-bond donors (Lipinski definition) is 0. The number of hydrogen-bond acceptors (Lipinski definition) is 5. The van der Waals surface area contributed by atoms with Gasteiger partial charge in [0.2, 0.25) is 5.91 Å². The summed E-state index contributed by atoms with van der Waals surface area (Å²) in [5, 5.41) is 0. The van der Waals surface area contributed by atoms with Crippen molar-refractivity contribution in [1.29, 1.82) is 0 Å². The van der Waals surface area contributed by atoms with Gasteiger partial charge in [0.1, 0.15) is 0 Å². The van der Waals surface area contributed by atoms with E-state index in [2.05, 4.69) is 0 Å². The number of rotatable bonds is 3. The zero-order valence-corrected chi connectivity index (χ0v) is 14.2. The second kappa shape index (κ2) is 6.28. The molecule has 2 rings (SSSR count). The van der Waals surface area contributed by atoms with Crippen molar-refractivity contribution in [3.05, 3.63) is 17.5 Å². The summed E-state index contributed by atoms with van der Waals surface area (Å²) in [5.41, 5.74) is 0.509. The van der Waals surface area contributed by atoms with Crippen molar-refractivity contribution < 1.29 is 19.1 Å². The Kier molecular flexibility index (Phi) is 4.80. The van der Waals surface area contributed by atoms with Gasteiger partial charge in [-0.25, -0.2) is 0 Å². The number of ether oxygens (including phenoxy) is 1. The molecule has 0 saturated heterocycles. The molecule has 0 amide bonds. The summed E-state index contributed by atoms with van der Waals surface area (Å²) >= 11 is 1.63. The Balaban J connectivity index is 2.54. The standard InChI is InChI=1S/C16H21NO4S/c1-10(18)17-9-11-13(19)7-16(2,3)8-14(20)21-15(11)12(17)5-6-22-4/h9H,5-8H2,1-4H3. The van der Waals surface area contributed by atoms with Gasteiger partial charge in [-0.1, -0.05) is 13.8 Å². The van der Waals surface area contributed by atoms with Gasteiger partial charge >= 0.3 is 5.97 Å². The predicted molar refractivity (Wildman–Crippen MR) is 85.8 cm³/mol. The third kappa shape index (κ3) is 3.43. The van der Waals surface area contributed by atoms with Crippen LogP contribution in [0.15, 0.2) is 6.20 Å². The van der Waals surface area contributed by atoms with E-state index in [1.54, 1.807) is 11.8 Å². The third-order valence-corrected chi connectivity index (χ3v) is 4.33. The topological polar surface area (TPSA) is 65.4 Å². The molecule has 0 spiro atoms. The summed E-state index contributed by atoms with van der Waals surface area (Å²) in [6.45, 7) is 5.17. The van der Waals surface area contributed by atoms with E-state index in [0.29, 0.717) is 17.7 Å². The van der Waals surface area contributed by atoms with Crippen molar-refractivity contribution in [1.82, 2.24) is 4.57 Å². The van der Waals surface area contributed by atoms with Gasteiger partial charge in [0, 0.05) is 26.0 Å². The number of aromatic nitrogens is 1. The molecule has 0 fully saturated rings. The number of ketones is 1. The van der Waals surface area contributed by atoms with Crippen molar-refractivity contribution in [2.45, 2.75) is 40.0 Å². The third-order valence-electron chi connectivity index (χ3n) is 3.72. The van der Waals surface area contributed by atoms with Gasteiger partial charge in [0.25, 0.3) is 0 Å². The molecule has 1 aliphatic rings. The Bertz CT molecular complexity index is 630. The molecule has 22 heavy (non-hydrogen) atoms. The van der Waals surface area contributed by atoms with Crippen LogP contribution >= 0.6 is 11.8 Å². The molecule has 1 aliphatic heterocycles. The van der Waals surface area contributed by atoms with Crippen LogP contribution in [0.3, 0.4) is 0 Å². The predicted octanol–water partition coefficient (Wildman–Crippen LogP) is 2.96. The lowest BCUT2D eigenvalue weighted by Crippen LogP contribution is -2.27. The van der Waals surface area contributed by atoms with Crippen LogP contribution in [0.2, 0.25) is 0 Å². The van der Waals surface area contributed by atoms with Gasteiger partial charge in [0.05, 0.1) is 17.7 Å². The fraction of sp³-hybridized carbons (Fsp3) is 0.562. The van der Waals surface area contributed by atoms with Crippen LogP contribution in [0, 0.1) is 5.41 Å². The molecule has 0 aliphatic carbocycles. The summed E-state index contributed by atoms with van der Waals surface area (Å²) in [6, 6.07) is 0. The molecular weight excluding hydrogens is 302 g/mol. The monoisotopic (exact) mass is 323 g/mol. The number of fused-ring (bicyclic) bond motifs is 1. The highest BCUT2D eigenvalue weighted by Crippen LogP contribution is 2.36. The van der Waals surface area contributed by atoms with E-state index in [1.165, 1.54) is 17.7 Å². The maximum Gasteiger partial charge on any atom is 0.311 e. The first kappa shape index (κ1) is 16.8. The van der Waals surface area contributed by atoms with E-state index in [0.717, 1.165) is 5.75 Å². The summed E-state index contributed by atoms with van der Waals surface area (Å²) in [5.74, 6) is 0.421. The molecule has 0 bridgehead atoms. The van der Waals surface area contributed by atoms with Crippen LogP contribution in [0.1, 0.15) is 54.5 Å². The maximum atomic E-state index is 12.5. The SMILES string of the molecule is CSCCc1c2c(cn1C(C)=O)C(=O)CC(C)(C)CC(=O)O2. The first-order chi connectivity index (χ1) is 10.2. The van der Waals surface area contributed by atoms with E-state index in [-0.39, 0.29) is 36.3 Å². The Hall–Kier alpha value is -1.56. The lowest BCUT2D eigenvalue weighted by atomic mass is 9.82. The Morgan fingerprint density at radius 2 is 2.05 bits per heavy atom. The van der Waals surface area contributed by atoms with Gasteiger partial charge in [-0.2, -0.15) is 11.8 Å². The van der Waals surface area contributed by atoms with Gasteiger partial charge in [-0.15, -0.1) is 0 Å². The largest absolute Gasteiger partial charge is 0.424 e. The average molecular weight is 323 g/mol. The average Bonchev–Trinajstić information content (AvgIpc) is 2.72. The number of Topliss-reactive ketones (excluding diaryl/α,β-unsaturated/α-hetero) is 1. The molecule has 0 unspecified atom stereocenters. The van der Waals surface area contributed by atoms with Crippen LogP contribution in [0.25, 0.3) is 0 Å². The van der Waals surface area contributed by atoms with Crippen molar-refractivity contribution in [2.75, 3.05) is 12.0 Å². The molecule has 120 valence electrons. The highest BCUT2D eigenvalue weighted by molar-refractivity contribution is 7.98. The van der Waals surface area contributed by atoms with Crippen molar-refractivity contribution in [2.24, 2.45) is 5.41 Å². The summed E-state index contributed by atoms with van der Waals surface area (Å²) < 4.78 is 6.89. The second-order valence-corrected chi connectivity index (χ2v) is 7.35. The summed E-state index contributed by atoms with van der Waals surface area (Å²) in [7, 11) is 0. The fourth-order valence-corrected chi connectivity index (χ4v) is 3.09. The Morgan fingerprint density at radius 3 is 2.64 bits per heavy atom. The van der Waals surface area contributed by atoms with E-state index in [1.807, 2.05) is 20.1 Å². The minimum atomic E-state index is -0.441. The van der Waals surface area contributed by atoms with E-state index in [4.69, 9.17) is 4.74 Å². The van der Waals surface area contributed by atoms with Crippen molar-refractivity contribution in [3.63, 3.8) is 0 Å². The van der Waals surface area contributed by atoms with Crippen molar-refractivity contribution >= 4 is 29.4 Å². The number of nitrogens with zero attached hydrogens (tertiary/aromatic N) is 1. The minimum Gasteiger partial charge on any atom is -0.424 e. The number of esters is 1. The lowest BCUT2D eigenvalue weighted by Gasteiger charge is -2.25. The lowest BCUT2D eigenvalue weighted by molar-refractivity contribution is -0.136. The van der Waals surface area contributed by atoms with Gasteiger partial charge in [-0.05, 0) is 17.4 Å². The first-order valence-electron chi connectivity index (χ1n) is 7.23. The molecule has 0 N–H and O–H groups in total. The molecule has 0 radical (unpaired) electrons. The van der Waals surface area contributed by atoms with Crippen LogP contribution in [0.5, 0.6) is 5.75 Å². The van der Waals surface area contributed by atoms with Gasteiger partial charge < -0.3 is 4.74 Å².